The van der Waals surface area contributed by atoms with Gasteiger partial charge in [0.25, 0.3) is 0 Å². The highest BCUT2D eigenvalue weighted by Crippen LogP contribution is 2.19. The van der Waals surface area contributed by atoms with E-state index in [0.29, 0.717) is 0 Å². The van der Waals surface area contributed by atoms with Gasteiger partial charge >= 0.3 is 0 Å². The van der Waals surface area contributed by atoms with Crippen LogP contribution in [0.4, 0.5) is 11.4 Å². The van der Waals surface area contributed by atoms with Crippen LogP contribution in [0, 0.1) is 6.92 Å². The quantitative estimate of drug-likeness (QED) is 0.801. The summed E-state index contributed by atoms with van der Waals surface area (Å²) >= 11 is 0. The van der Waals surface area contributed by atoms with Crippen LogP contribution in [-0.4, -0.2) is 13.1 Å². The maximum atomic E-state index is 5.71. The Balaban J connectivity index is 1.91. The van der Waals surface area contributed by atoms with Crippen molar-refractivity contribution in [1.82, 2.24) is 0 Å². The summed E-state index contributed by atoms with van der Waals surface area (Å²) in [5.74, 6) is 0. The first kappa shape index (κ1) is 14.4. The first-order chi connectivity index (χ1) is 9.70. The molecule has 0 saturated heterocycles. The topological polar surface area (TPSA) is 29.3 Å². The number of nitrogens with zero attached hydrogens (tertiary/aromatic N) is 1. The Bertz CT molecular complexity index is 531. The Morgan fingerprint density at radius 3 is 2.35 bits per heavy atom. The molecule has 2 aromatic carbocycles. The minimum atomic E-state index is 0.837. The van der Waals surface area contributed by atoms with E-state index in [0.717, 1.165) is 31.6 Å². The fraction of sp³-hybridized carbons (Fsp3) is 0.333. The van der Waals surface area contributed by atoms with Gasteiger partial charge in [-0.15, -0.1) is 0 Å². The van der Waals surface area contributed by atoms with E-state index in [1.54, 1.807) is 0 Å². The van der Waals surface area contributed by atoms with Gasteiger partial charge in [0.05, 0.1) is 0 Å². The molecule has 0 aliphatic rings. The molecule has 2 nitrogen and oxygen atoms in total. The molecule has 0 atom stereocenters. The predicted molar refractivity (Wildman–Crippen MR) is 88.2 cm³/mol. The molecule has 0 fully saturated rings. The third-order valence-electron chi connectivity index (χ3n) is 3.71. The van der Waals surface area contributed by atoms with Gasteiger partial charge in [0.15, 0.2) is 0 Å². The van der Waals surface area contributed by atoms with Crippen LogP contribution >= 0.6 is 0 Å². The summed E-state index contributed by atoms with van der Waals surface area (Å²) in [6, 6.07) is 16.8. The maximum Gasteiger partial charge on any atom is 0.0395 e. The molecule has 0 aliphatic carbocycles. The number of hydrogen-bond donors (Lipinski definition) is 1. The molecular weight excluding hydrogens is 244 g/mol. The zero-order valence-electron chi connectivity index (χ0n) is 12.5. The van der Waals surface area contributed by atoms with Crippen LogP contribution in [-0.2, 0) is 6.42 Å². The van der Waals surface area contributed by atoms with Crippen molar-refractivity contribution >= 4 is 11.4 Å². The van der Waals surface area contributed by atoms with E-state index in [1.807, 2.05) is 12.1 Å². The molecule has 2 heteroatoms. The first-order valence-corrected chi connectivity index (χ1v) is 7.35. The van der Waals surface area contributed by atoms with Gasteiger partial charge in [0, 0.05) is 24.5 Å². The second kappa shape index (κ2) is 6.99. The second-order valence-corrected chi connectivity index (χ2v) is 5.21. The lowest BCUT2D eigenvalue weighted by Crippen LogP contribution is -2.25. The van der Waals surface area contributed by atoms with E-state index in [1.165, 1.54) is 16.8 Å². The lowest BCUT2D eigenvalue weighted by molar-refractivity contribution is 0.744. The lowest BCUT2D eigenvalue weighted by Gasteiger charge is -2.25. The van der Waals surface area contributed by atoms with E-state index in [2.05, 4.69) is 55.1 Å². The molecule has 0 amide bonds. The fourth-order valence-corrected chi connectivity index (χ4v) is 2.53. The van der Waals surface area contributed by atoms with Gasteiger partial charge in [-0.2, -0.15) is 0 Å². The van der Waals surface area contributed by atoms with Gasteiger partial charge in [-0.1, -0.05) is 30.3 Å². The summed E-state index contributed by atoms with van der Waals surface area (Å²) in [5.41, 5.74) is 10.6. The van der Waals surface area contributed by atoms with Crippen molar-refractivity contribution in [3.63, 3.8) is 0 Å². The number of nitrogen functional groups attached to an aromatic ring is 1. The molecule has 2 N–H and O–H groups in total. The normalized spacial score (nSPS) is 10.5. The zero-order valence-corrected chi connectivity index (χ0v) is 12.5. The number of hydrogen-bond acceptors (Lipinski definition) is 2. The van der Waals surface area contributed by atoms with E-state index >= 15 is 0 Å². The van der Waals surface area contributed by atoms with Crippen molar-refractivity contribution in [2.75, 3.05) is 23.7 Å². The summed E-state index contributed by atoms with van der Waals surface area (Å²) in [7, 11) is 0. The molecule has 0 heterocycles. The van der Waals surface area contributed by atoms with Crippen molar-refractivity contribution in [1.29, 1.82) is 0 Å². The van der Waals surface area contributed by atoms with Crippen molar-refractivity contribution in [2.24, 2.45) is 0 Å². The summed E-state index contributed by atoms with van der Waals surface area (Å²) in [4.78, 5) is 2.45. The highest BCUT2D eigenvalue weighted by molar-refractivity contribution is 5.52. The minimum Gasteiger partial charge on any atom is -0.399 e. The van der Waals surface area contributed by atoms with Crippen molar-refractivity contribution < 1.29 is 0 Å². The summed E-state index contributed by atoms with van der Waals surface area (Å²) in [5, 5.41) is 0. The molecule has 2 aromatic rings. The average molecular weight is 268 g/mol. The van der Waals surface area contributed by atoms with Crippen molar-refractivity contribution in [3.8, 4) is 0 Å². The van der Waals surface area contributed by atoms with Crippen molar-refractivity contribution in [3.05, 3.63) is 59.7 Å². The van der Waals surface area contributed by atoms with Crippen LogP contribution in [0.5, 0.6) is 0 Å². The predicted octanol–water partition coefficient (Wildman–Crippen LogP) is 4.04. The van der Waals surface area contributed by atoms with Crippen molar-refractivity contribution in [2.45, 2.75) is 26.7 Å². The Morgan fingerprint density at radius 1 is 1.00 bits per heavy atom. The van der Waals surface area contributed by atoms with Gasteiger partial charge in [0.2, 0.25) is 0 Å². The minimum absolute atomic E-state index is 0.837. The Morgan fingerprint density at radius 2 is 1.70 bits per heavy atom. The van der Waals surface area contributed by atoms with Gasteiger partial charge in [-0.3, -0.25) is 0 Å². The highest BCUT2D eigenvalue weighted by Gasteiger charge is 2.06. The molecule has 0 aromatic heterocycles. The zero-order chi connectivity index (χ0) is 14.4. The molecule has 0 bridgehead atoms. The maximum absolute atomic E-state index is 5.71. The highest BCUT2D eigenvalue weighted by atomic mass is 15.1. The Labute approximate surface area is 122 Å². The van der Waals surface area contributed by atoms with E-state index in [9.17, 15) is 0 Å². The second-order valence-electron chi connectivity index (χ2n) is 5.21. The Hall–Kier alpha value is -1.96. The van der Waals surface area contributed by atoms with Gasteiger partial charge < -0.3 is 10.6 Å². The standard InChI is InChI=1S/C18H24N2/c1-3-20(18-9-5-4-7-15(18)2)14-6-8-16-10-12-17(19)13-11-16/h4-5,7,9-13H,3,6,8,14,19H2,1-2H3. The molecule has 0 unspecified atom stereocenters. The van der Waals surface area contributed by atoms with Gasteiger partial charge in [-0.05, 0) is 56.0 Å². The molecule has 0 radical (unpaired) electrons. The molecule has 106 valence electrons. The first-order valence-electron chi connectivity index (χ1n) is 7.35. The molecule has 20 heavy (non-hydrogen) atoms. The van der Waals surface area contributed by atoms with Crippen LogP contribution in [0.2, 0.25) is 0 Å². The summed E-state index contributed by atoms with van der Waals surface area (Å²) < 4.78 is 0. The fourth-order valence-electron chi connectivity index (χ4n) is 2.53. The Kier molecular flexibility index (Phi) is 5.05. The summed E-state index contributed by atoms with van der Waals surface area (Å²) in [6.07, 6.45) is 2.26. The molecular formula is C18H24N2. The average Bonchev–Trinajstić information content (AvgIpc) is 2.47. The van der Waals surface area contributed by atoms with Crippen LogP contribution in [0.1, 0.15) is 24.5 Å². The number of nitrogens with two attached hydrogens (primary N) is 1. The SMILES string of the molecule is CCN(CCCc1ccc(N)cc1)c1ccccc1C. The van der Waals surface area contributed by atoms with Gasteiger partial charge in [-0.25, -0.2) is 0 Å². The van der Waals surface area contributed by atoms with E-state index < -0.39 is 0 Å². The molecule has 0 saturated carbocycles. The third kappa shape index (κ3) is 3.77. The summed E-state index contributed by atoms with van der Waals surface area (Å²) in [6.45, 7) is 6.53. The molecule has 2 rings (SSSR count). The molecule has 0 aliphatic heterocycles. The number of rotatable bonds is 6. The third-order valence-corrected chi connectivity index (χ3v) is 3.71. The smallest absolute Gasteiger partial charge is 0.0395 e. The van der Waals surface area contributed by atoms with E-state index in [-0.39, 0.29) is 0 Å². The van der Waals surface area contributed by atoms with Crippen LogP contribution < -0.4 is 10.6 Å². The number of anilines is 2. The largest absolute Gasteiger partial charge is 0.399 e. The van der Waals surface area contributed by atoms with Crippen LogP contribution in [0.15, 0.2) is 48.5 Å². The monoisotopic (exact) mass is 268 g/mol. The number of benzene rings is 2. The van der Waals surface area contributed by atoms with Gasteiger partial charge in [0.1, 0.15) is 0 Å². The number of para-hydroxylation sites is 1. The molecule has 0 spiro atoms. The number of aryl methyl sites for hydroxylation is 2. The van der Waals surface area contributed by atoms with Crippen LogP contribution in [0.3, 0.4) is 0 Å². The lowest BCUT2D eigenvalue weighted by atomic mass is 10.1. The van der Waals surface area contributed by atoms with Crippen LogP contribution in [0.25, 0.3) is 0 Å². The van der Waals surface area contributed by atoms with E-state index in [4.69, 9.17) is 5.73 Å².